The smallest absolute Gasteiger partial charge is 0.237 e. The van der Waals surface area contributed by atoms with Gasteiger partial charge in [-0.2, -0.15) is 0 Å². The summed E-state index contributed by atoms with van der Waals surface area (Å²) >= 11 is 0. The van der Waals surface area contributed by atoms with E-state index >= 15 is 0 Å². The maximum absolute atomic E-state index is 12.6. The van der Waals surface area contributed by atoms with Gasteiger partial charge >= 0.3 is 0 Å². The quantitative estimate of drug-likeness (QED) is 0.795. The first-order valence-electron chi connectivity index (χ1n) is 8.23. The van der Waals surface area contributed by atoms with Crippen LogP contribution in [0.4, 0.5) is 0 Å². The number of nitrogens with zero attached hydrogens (tertiary/aromatic N) is 1. The van der Waals surface area contributed by atoms with Crippen molar-refractivity contribution >= 4 is 11.8 Å². The molecule has 1 aliphatic heterocycles. The highest BCUT2D eigenvalue weighted by Crippen LogP contribution is 2.20. The van der Waals surface area contributed by atoms with Crippen molar-refractivity contribution in [3.63, 3.8) is 0 Å². The zero-order valence-corrected chi connectivity index (χ0v) is 14.6. The van der Waals surface area contributed by atoms with E-state index in [0.717, 1.165) is 11.3 Å². The summed E-state index contributed by atoms with van der Waals surface area (Å²) in [5.41, 5.74) is -0.00177. The highest BCUT2D eigenvalue weighted by Gasteiger charge is 2.39. The first-order chi connectivity index (χ1) is 11.4. The Hall–Kier alpha value is -2.08. The summed E-state index contributed by atoms with van der Waals surface area (Å²) in [4.78, 5) is 26.7. The van der Waals surface area contributed by atoms with Crippen LogP contribution in [-0.4, -0.2) is 56.7 Å². The molecule has 0 aliphatic carbocycles. The molecule has 132 valence electrons. The lowest BCUT2D eigenvalue weighted by molar-refractivity contribution is -0.151. The molecule has 2 amide bonds. The number of hydrogen-bond donors (Lipinski definition) is 1. The van der Waals surface area contributed by atoms with E-state index in [4.69, 9.17) is 9.47 Å². The fraction of sp³-hybridized carbons (Fsp3) is 0.556. The van der Waals surface area contributed by atoms with Gasteiger partial charge in [0.05, 0.1) is 20.3 Å². The number of rotatable bonds is 6. The van der Waals surface area contributed by atoms with Gasteiger partial charge in [-0.15, -0.1) is 0 Å². The molecular formula is C18H26N2O4. The molecule has 24 heavy (non-hydrogen) atoms. The first kappa shape index (κ1) is 18.3. The molecule has 6 nitrogen and oxygen atoms in total. The highest BCUT2D eigenvalue weighted by atomic mass is 16.5. The van der Waals surface area contributed by atoms with E-state index in [2.05, 4.69) is 5.32 Å². The van der Waals surface area contributed by atoms with Gasteiger partial charge in [0.15, 0.2) is 0 Å². The van der Waals surface area contributed by atoms with Crippen LogP contribution in [0.1, 0.15) is 19.4 Å². The fourth-order valence-electron chi connectivity index (χ4n) is 2.63. The van der Waals surface area contributed by atoms with Gasteiger partial charge in [0.2, 0.25) is 11.8 Å². The minimum Gasteiger partial charge on any atom is -0.497 e. The SMILES string of the molecule is COc1cccc(CCNC(=O)C(C)(C)C(=O)N2CCOCC2)c1. The number of carbonyl (C=O) groups is 2. The van der Waals surface area contributed by atoms with Gasteiger partial charge in [-0.1, -0.05) is 12.1 Å². The maximum Gasteiger partial charge on any atom is 0.237 e. The third kappa shape index (κ3) is 4.47. The van der Waals surface area contributed by atoms with Crippen LogP contribution in [0.15, 0.2) is 24.3 Å². The topological polar surface area (TPSA) is 67.9 Å². The predicted molar refractivity (Wildman–Crippen MR) is 90.9 cm³/mol. The van der Waals surface area contributed by atoms with E-state index in [-0.39, 0.29) is 11.8 Å². The van der Waals surface area contributed by atoms with Crippen LogP contribution in [0.3, 0.4) is 0 Å². The number of hydrogen-bond acceptors (Lipinski definition) is 4. The molecule has 1 aliphatic rings. The number of benzene rings is 1. The lowest BCUT2D eigenvalue weighted by atomic mass is 9.90. The van der Waals surface area contributed by atoms with Crippen molar-refractivity contribution in [3.05, 3.63) is 29.8 Å². The Morgan fingerprint density at radius 2 is 2.00 bits per heavy atom. The molecule has 0 unspecified atom stereocenters. The van der Waals surface area contributed by atoms with Gasteiger partial charge in [0.1, 0.15) is 11.2 Å². The van der Waals surface area contributed by atoms with Crippen LogP contribution >= 0.6 is 0 Å². The zero-order chi connectivity index (χ0) is 17.6. The van der Waals surface area contributed by atoms with Crippen molar-refractivity contribution in [1.82, 2.24) is 10.2 Å². The van der Waals surface area contributed by atoms with E-state index in [0.29, 0.717) is 39.3 Å². The largest absolute Gasteiger partial charge is 0.497 e. The number of ether oxygens (including phenoxy) is 2. The zero-order valence-electron chi connectivity index (χ0n) is 14.6. The summed E-state index contributed by atoms with van der Waals surface area (Å²) in [6.45, 7) is 5.96. The van der Waals surface area contributed by atoms with Crippen LogP contribution in [-0.2, 0) is 20.7 Å². The molecule has 6 heteroatoms. The lowest BCUT2D eigenvalue weighted by Crippen LogP contribution is -2.52. The van der Waals surface area contributed by atoms with E-state index in [1.807, 2.05) is 24.3 Å². The van der Waals surface area contributed by atoms with Crippen molar-refractivity contribution < 1.29 is 19.1 Å². The molecule has 1 aromatic carbocycles. The van der Waals surface area contributed by atoms with E-state index in [1.165, 1.54) is 0 Å². The number of methoxy groups -OCH3 is 1. The normalized spacial score (nSPS) is 15.0. The molecule has 1 aromatic rings. The Bertz CT molecular complexity index is 580. The second-order valence-electron chi connectivity index (χ2n) is 6.39. The average Bonchev–Trinajstić information content (AvgIpc) is 2.61. The molecule has 1 saturated heterocycles. The maximum atomic E-state index is 12.6. The van der Waals surface area contributed by atoms with Crippen LogP contribution in [0.2, 0.25) is 0 Å². The van der Waals surface area contributed by atoms with E-state index in [9.17, 15) is 9.59 Å². The van der Waals surface area contributed by atoms with Gasteiger partial charge in [-0.05, 0) is 38.0 Å². The van der Waals surface area contributed by atoms with Crippen LogP contribution in [0.25, 0.3) is 0 Å². The number of amides is 2. The van der Waals surface area contributed by atoms with E-state index < -0.39 is 5.41 Å². The average molecular weight is 334 g/mol. The van der Waals surface area contributed by atoms with Gasteiger partial charge in [0.25, 0.3) is 0 Å². The first-order valence-corrected chi connectivity index (χ1v) is 8.23. The Morgan fingerprint density at radius 1 is 1.29 bits per heavy atom. The van der Waals surface area contributed by atoms with Crippen LogP contribution in [0, 0.1) is 5.41 Å². The van der Waals surface area contributed by atoms with Gasteiger partial charge in [0, 0.05) is 19.6 Å². The van der Waals surface area contributed by atoms with Gasteiger partial charge < -0.3 is 19.7 Å². The molecule has 1 fully saturated rings. The minimum absolute atomic E-state index is 0.148. The van der Waals surface area contributed by atoms with Crippen molar-refractivity contribution in [3.8, 4) is 5.75 Å². The second kappa shape index (κ2) is 8.15. The summed E-state index contributed by atoms with van der Waals surface area (Å²) in [5.74, 6) is 0.396. The summed E-state index contributed by atoms with van der Waals surface area (Å²) < 4.78 is 10.4. The fourth-order valence-corrected chi connectivity index (χ4v) is 2.63. The Labute approximate surface area is 143 Å². The van der Waals surface area contributed by atoms with Crippen molar-refractivity contribution in [2.45, 2.75) is 20.3 Å². The summed E-state index contributed by atoms with van der Waals surface area (Å²) in [7, 11) is 1.63. The Balaban J connectivity index is 1.86. The monoisotopic (exact) mass is 334 g/mol. The number of nitrogens with one attached hydrogen (secondary N) is 1. The Kier molecular flexibility index (Phi) is 6.20. The standard InChI is InChI=1S/C18H26N2O4/c1-18(2,17(22)20-9-11-24-12-10-20)16(21)19-8-7-14-5-4-6-15(13-14)23-3/h4-6,13H,7-12H2,1-3H3,(H,19,21). The van der Waals surface area contributed by atoms with Gasteiger partial charge in [-0.3, -0.25) is 9.59 Å². The molecular weight excluding hydrogens is 308 g/mol. The molecule has 0 radical (unpaired) electrons. The third-order valence-corrected chi connectivity index (χ3v) is 4.23. The second-order valence-corrected chi connectivity index (χ2v) is 6.39. The summed E-state index contributed by atoms with van der Waals surface area (Å²) in [6, 6.07) is 7.73. The minimum atomic E-state index is -1.08. The molecule has 0 atom stereocenters. The van der Waals surface area contributed by atoms with E-state index in [1.54, 1.807) is 25.9 Å². The summed E-state index contributed by atoms with van der Waals surface area (Å²) in [6.07, 6.45) is 0.685. The lowest BCUT2D eigenvalue weighted by Gasteiger charge is -2.33. The van der Waals surface area contributed by atoms with Crippen LogP contribution < -0.4 is 10.1 Å². The molecule has 1 N–H and O–H groups in total. The molecule has 2 rings (SSSR count). The molecule has 0 bridgehead atoms. The predicted octanol–water partition coefficient (Wildman–Crippen LogP) is 1.24. The van der Waals surface area contributed by atoms with Crippen molar-refractivity contribution in [2.24, 2.45) is 5.41 Å². The highest BCUT2D eigenvalue weighted by molar-refractivity contribution is 6.04. The number of morpholine rings is 1. The molecule has 0 saturated carbocycles. The van der Waals surface area contributed by atoms with Crippen molar-refractivity contribution in [1.29, 1.82) is 0 Å². The molecule has 1 heterocycles. The van der Waals surface area contributed by atoms with Crippen molar-refractivity contribution in [2.75, 3.05) is 40.0 Å². The molecule has 0 aromatic heterocycles. The third-order valence-electron chi connectivity index (χ3n) is 4.23. The number of carbonyl (C=O) groups excluding carboxylic acids is 2. The summed E-state index contributed by atoms with van der Waals surface area (Å²) in [5, 5.41) is 2.87. The Morgan fingerprint density at radius 3 is 2.67 bits per heavy atom. The molecule has 0 spiro atoms. The van der Waals surface area contributed by atoms with Crippen LogP contribution in [0.5, 0.6) is 5.75 Å². The van der Waals surface area contributed by atoms with Gasteiger partial charge in [-0.25, -0.2) is 0 Å².